The van der Waals surface area contributed by atoms with E-state index in [9.17, 15) is 13.6 Å². The Morgan fingerprint density at radius 3 is 2.61 bits per heavy atom. The molecule has 0 radical (unpaired) electrons. The monoisotopic (exact) mass is 512 g/mol. The summed E-state index contributed by atoms with van der Waals surface area (Å²) < 4.78 is 29.2. The molecule has 6 N–H and O–H groups in total. The van der Waals surface area contributed by atoms with Gasteiger partial charge in [-0.1, -0.05) is 35.6 Å². The number of thiazole rings is 1. The Balaban J connectivity index is 1.16. The fraction of sp³-hybridized carbons (Fsp3) is 0.417. The summed E-state index contributed by atoms with van der Waals surface area (Å²) in [5, 5.41) is 0.0448. The highest BCUT2D eigenvalue weighted by molar-refractivity contribution is 7.15. The predicted molar refractivity (Wildman–Crippen MR) is 133 cm³/mol. The molecule has 1 atom stereocenters. The van der Waals surface area contributed by atoms with Crippen molar-refractivity contribution in [2.75, 3.05) is 36.0 Å². The second kappa shape index (κ2) is 8.07. The highest BCUT2D eigenvalue weighted by Gasteiger charge is 2.47. The molecular formula is C24H26F2N8OS. The number of rotatable bonds is 2. The van der Waals surface area contributed by atoms with Crippen LogP contribution in [-0.2, 0) is 18.9 Å². The molecule has 12 heteroatoms. The van der Waals surface area contributed by atoms with E-state index in [1.165, 1.54) is 17.3 Å². The zero-order valence-corrected chi connectivity index (χ0v) is 20.3. The lowest BCUT2D eigenvalue weighted by atomic mass is 9.73. The summed E-state index contributed by atoms with van der Waals surface area (Å²) >= 11 is 0.948. The Labute approximate surface area is 210 Å². The number of hydrogen-bond donors (Lipinski definition) is 3. The molecule has 0 bridgehead atoms. The lowest BCUT2D eigenvalue weighted by Crippen LogP contribution is -2.45. The number of nitrogens with two attached hydrogens (primary N) is 3. The normalized spacial score (nSPS) is 21.9. The number of anilines is 3. The van der Waals surface area contributed by atoms with Gasteiger partial charge in [-0.3, -0.25) is 4.79 Å². The molecular weight excluding hydrogens is 486 g/mol. The second-order valence-corrected chi connectivity index (χ2v) is 11.0. The third kappa shape index (κ3) is 3.58. The maximum Gasteiger partial charge on any atom is 0.308 e. The molecule has 1 aliphatic carbocycles. The lowest BCUT2D eigenvalue weighted by molar-refractivity contribution is -0.0478. The minimum absolute atomic E-state index is 0.00378. The maximum absolute atomic E-state index is 14.6. The van der Waals surface area contributed by atoms with Crippen LogP contribution in [0.3, 0.4) is 0 Å². The fourth-order valence-electron chi connectivity index (χ4n) is 5.80. The van der Waals surface area contributed by atoms with Gasteiger partial charge in [0.05, 0.1) is 24.2 Å². The number of piperidine rings is 1. The SMILES string of the molecule is Nc1nc2c(s1)CN(C(=O)c1ncc(N3CCC4(CC3)Cc3ccccc3C4N)nc1N)CC2(F)F. The van der Waals surface area contributed by atoms with Crippen molar-refractivity contribution in [2.45, 2.75) is 37.8 Å². The molecule has 0 saturated carbocycles. The first kappa shape index (κ1) is 23.0. The molecule has 3 aromatic rings. The summed E-state index contributed by atoms with van der Waals surface area (Å²) in [6, 6.07) is 8.36. The van der Waals surface area contributed by atoms with Gasteiger partial charge in [-0.15, -0.1) is 0 Å². The summed E-state index contributed by atoms with van der Waals surface area (Å²) in [4.78, 5) is 28.8. The first-order chi connectivity index (χ1) is 17.2. The van der Waals surface area contributed by atoms with Crippen molar-refractivity contribution >= 4 is 34.0 Å². The summed E-state index contributed by atoms with van der Waals surface area (Å²) in [7, 11) is 0. The van der Waals surface area contributed by atoms with Crippen LogP contribution in [0.1, 0.15) is 51.1 Å². The number of alkyl halides is 2. The van der Waals surface area contributed by atoms with Gasteiger partial charge < -0.3 is 27.0 Å². The molecule has 2 aliphatic heterocycles. The maximum atomic E-state index is 14.6. The van der Waals surface area contributed by atoms with Crippen molar-refractivity contribution in [2.24, 2.45) is 11.1 Å². The first-order valence-corrected chi connectivity index (χ1v) is 12.6. The zero-order valence-electron chi connectivity index (χ0n) is 19.5. The van der Waals surface area contributed by atoms with Crippen molar-refractivity contribution in [1.29, 1.82) is 0 Å². The molecule has 4 heterocycles. The largest absolute Gasteiger partial charge is 0.382 e. The molecule has 1 saturated heterocycles. The van der Waals surface area contributed by atoms with E-state index in [0.717, 1.165) is 48.6 Å². The van der Waals surface area contributed by atoms with Crippen LogP contribution in [0.4, 0.5) is 25.5 Å². The van der Waals surface area contributed by atoms with E-state index < -0.39 is 18.4 Å². The van der Waals surface area contributed by atoms with Gasteiger partial charge in [0, 0.05) is 19.1 Å². The third-order valence-corrected chi connectivity index (χ3v) is 8.61. The Hall–Kier alpha value is -3.38. The molecule has 1 aromatic carbocycles. The number of benzene rings is 1. The van der Waals surface area contributed by atoms with Crippen LogP contribution in [0.25, 0.3) is 0 Å². The van der Waals surface area contributed by atoms with Crippen LogP contribution < -0.4 is 22.1 Å². The predicted octanol–water partition coefficient (Wildman–Crippen LogP) is 2.69. The van der Waals surface area contributed by atoms with E-state index in [4.69, 9.17) is 17.2 Å². The second-order valence-electron chi connectivity index (χ2n) is 9.85. The molecule has 1 fully saturated rings. The van der Waals surface area contributed by atoms with E-state index in [1.807, 2.05) is 6.07 Å². The highest BCUT2D eigenvalue weighted by atomic mass is 32.1. The number of fused-ring (bicyclic) bond motifs is 2. The standard InChI is InChI=1S/C24H26F2N8OS/c25-24(26)12-34(11-15-19(24)32-22(29)36-15)21(35)17-20(28)31-16(10-30-17)33-7-5-23(6-8-33)9-13-3-1-2-4-14(13)18(23)27/h1-4,10,18H,5-9,11-12,27H2,(H2,28,31)(H2,29,32). The number of amides is 1. The van der Waals surface area contributed by atoms with Crippen LogP contribution in [0.15, 0.2) is 30.5 Å². The van der Waals surface area contributed by atoms with Crippen LogP contribution in [0, 0.1) is 5.41 Å². The van der Waals surface area contributed by atoms with Crippen molar-refractivity contribution in [3.8, 4) is 0 Å². The molecule has 2 aromatic heterocycles. The average molecular weight is 513 g/mol. The Morgan fingerprint density at radius 2 is 1.89 bits per heavy atom. The lowest BCUT2D eigenvalue weighted by Gasteiger charge is -2.42. The number of nitrogens with zero attached hydrogens (tertiary/aromatic N) is 5. The van der Waals surface area contributed by atoms with Gasteiger partial charge in [-0.25, -0.2) is 15.0 Å². The van der Waals surface area contributed by atoms with Gasteiger partial charge in [0.2, 0.25) is 0 Å². The van der Waals surface area contributed by atoms with Crippen molar-refractivity contribution in [3.05, 3.63) is 57.9 Å². The minimum Gasteiger partial charge on any atom is -0.382 e. The smallest absolute Gasteiger partial charge is 0.308 e. The topological polar surface area (TPSA) is 140 Å². The minimum atomic E-state index is -3.30. The molecule has 1 amide bonds. The van der Waals surface area contributed by atoms with Crippen LogP contribution >= 0.6 is 11.3 Å². The molecule has 188 valence electrons. The fourth-order valence-corrected chi connectivity index (χ4v) is 6.70. The number of halogens is 2. The molecule has 1 spiro atoms. The van der Waals surface area contributed by atoms with Gasteiger partial charge in [-0.05, 0) is 35.8 Å². The Morgan fingerprint density at radius 1 is 1.14 bits per heavy atom. The van der Waals surface area contributed by atoms with E-state index in [2.05, 4.69) is 38.1 Å². The van der Waals surface area contributed by atoms with Gasteiger partial charge in [0.1, 0.15) is 11.5 Å². The first-order valence-electron chi connectivity index (χ1n) is 11.8. The molecule has 6 rings (SSSR count). The van der Waals surface area contributed by atoms with E-state index in [-0.39, 0.29) is 45.2 Å². The quantitative estimate of drug-likeness (QED) is 0.476. The summed E-state index contributed by atoms with van der Waals surface area (Å²) in [5.74, 6) is -3.52. The summed E-state index contributed by atoms with van der Waals surface area (Å²) in [5.41, 5.74) is 20.5. The van der Waals surface area contributed by atoms with E-state index >= 15 is 0 Å². The van der Waals surface area contributed by atoms with Gasteiger partial charge in [-0.2, -0.15) is 8.78 Å². The number of carbonyl (C=O) groups excluding carboxylic acids is 1. The molecule has 3 aliphatic rings. The Bertz CT molecular complexity index is 1350. The molecule has 9 nitrogen and oxygen atoms in total. The summed E-state index contributed by atoms with van der Waals surface area (Å²) in [6.45, 7) is 0.619. The average Bonchev–Trinajstić information content (AvgIpc) is 3.36. The van der Waals surface area contributed by atoms with Crippen LogP contribution in [-0.4, -0.2) is 45.4 Å². The third-order valence-electron chi connectivity index (χ3n) is 7.74. The number of aromatic nitrogens is 3. The number of hydrogen-bond acceptors (Lipinski definition) is 9. The zero-order chi connectivity index (χ0) is 25.2. The van der Waals surface area contributed by atoms with Crippen molar-refractivity contribution in [3.63, 3.8) is 0 Å². The number of nitrogen functional groups attached to an aromatic ring is 2. The van der Waals surface area contributed by atoms with Crippen LogP contribution in [0.2, 0.25) is 0 Å². The van der Waals surface area contributed by atoms with Gasteiger partial charge in [0.25, 0.3) is 5.91 Å². The molecule has 1 unspecified atom stereocenters. The Kier molecular flexibility index (Phi) is 5.16. The van der Waals surface area contributed by atoms with Gasteiger partial charge >= 0.3 is 5.92 Å². The van der Waals surface area contributed by atoms with Crippen molar-refractivity contribution < 1.29 is 13.6 Å². The number of carbonyl (C=O) groups is 1. The summed E-state index contributed by atoms with van der Waals surface area (Å²) in [6.07, 6.45) is 4.25. The highest BCUT2D eigenvalue weighted by Crippen LogP contribution is 2.51. The van der Waals surface area contributed by atoms with Gasteiger partial charge in [0.15, 0.2) is 16.6 Å². The van der Waals surface area contributed by atoms with Crippen LogP contribution in [0.5, 0.6) is 0 Å². The van der Waals surface area contributed by atoms with E-state index in [1.54, 1.807) is 0 Å². The van der Waals surface area contributed by atoms with Crippen molar-refractivity contribution in [1.82, 2.24) is 19.9 Å². The molecule has 36 heavy (non-hydrogen) atoms. The van der Waals surface area contributed by atoms with E-state index in [0.29, 0.717) is 5.82 Å².